The largest absolute Gasteiger partial charge is 0.322 e. The lowest BCUT2D eigenvalue weighted by molar-refractivity contribution is 0.102. The molecule has 156 valence electrons. The number of sulfonamides is 1. The quantitative estimate of drug-likeness (QED) is 0.746. The van der Waals surface area contributed by atoms with Crippen LogP contribution in [0.2, 0.25) is 0 Å². The number of hydrogen-bond donors (Lipinski definition) is 1. The number of amides is 1. The molecule has 1 aliphatic rings. The van der Waals surface area contributed by atoms with Crippen molar-refractivity contribution in [3.63, 3.8) is 0 Å². The van der Waals surface area contributed by atoms with Crippen LogP contribution in [0.3, 0.4) is 0 Å². The fraction of sp³-hybridized carbons (Fsp3) is 0.409. The van der Waals surface area contributed by atoms with Gasteiger partial charge in [0.25, 0.3) is 5.91 Å². The maximum Gasteiger partial charge on any atom is 0.255 e. The molecule has 5 nitrogen and oxygen atoms in total. The number of hydrogen-bond acceptors (Lipinski definition) is 3. The molecule has 7 heteroatoms. The van der Waals surface area contributed by atoms with Crippen molar-refractivity contribution < 1.29 is 17.6 Å². The molecule has 1 N–H and O–H groups in total. The van der Waals surface area contributed by atoms with Gasteiger partial charge in [-0.1, -0.05) is 32.4 Å². The molecule has 0 bridgehead atoms. The topological polar surface area (TPSA) is 66.5 Å². The Hall–Kier alpha value is -2.25. The van der Waals surface area contributed by atoms with Gasteiger partial charge >= 0.3 is 0 Å². The number of rotatable bonds is 6. The van der Waals surface area contributed by atoms with Crippen molar-refractivity contribution in [1.82, 2.24) is 4.31 Å². The van der Waals surface area contributed by atoms with Crippen LogP contribution in [0.25, 0.3) is 0 Å². The molecular weight excluding hydrogens is 391 g/mol. The van der Waals surface area contributed by atoms with Crippen LogP contribution >= 0.6 is 0 Å². The molecule has 0 aliphatic carbocycles. The summed E-state index contributed by atoms with van der Waals surface area (Å²) in [6.45, 7) is 4.35. The van der Waals surface area contributed by atoms with Crippen LogP contribution < -0.4 is 5.32 Å². The van der Waals surface area contributed by atoms with Gasteiger partial charge in [-0.2, -0.15) is 4.31 Å². The molecule has 1 unspecified atom stereocenters. The minimum Gasteiger partial charge on any atom is -0.322 e. The molecule has 1 aliphatic heterocycles. The van der Waals surface area contributed by atoms with Crippen molar-refractivity contribution in [2.75, 3.05) is 11.9 Å². The van der Waals surface area contributed by atoms with E-state index in [0.717, 1.165) is 43.4 Å². The lowest BCUT2D eigenvalue weighted by Crippen LogP contribution is -2.43. The predicted octanol–water partition coefficient (Wildman–Crippen LogP) is 4.59. The van der Waals surface area contributed by atoms with Crippen molar-refractivity contribution in [2.45, 2.75) is 56.9 Å². The molecular formula is C22H27FN2O3S. The molecule has 2 aromatic rings. The van der Waals surface area contributed by atoms with Gasteiger partial charge in [0.15, 0.2) is 0 Å². The van der Waals surface area contributed by atoms with Gasteiger partial charge in [-0.15, -0.1) is 0 Å². The first-order valence-corrected chi connectivity index (χ1v) is 11.5. The molecule has 0 radical (unpaired) electrons. The number of nitrogens with one attached hydrogen (secondary N) is 1. The van der Waals surface area contributed by atoms with Crippen molar-refractivity contribution >= 4 is 21.6 Å². The van der Waals surface area contributed by atoms with E-state index in [2.05, 4.69) is 5.32 Å². The lowest BCUT2D eigenvalue weighted by atomic mass is 10.0. The molecule has 0 saturated carbocycles. The number of halogens is 1. The molecule has 1 heterocycles. The summed E-state index contributed by atoms with van der Waals surface area (Å²) in [7, 11) is -4.01. The van der Waals surface area contributed by atoms with Crippen molar-refractivity contribution in [2.24, 2.45) is 0 Å². The van der Waals surface area contributed by atoms with E-state index in [9.17, 15) is 17.6 Å². The number of aryl methyl sites for hydroxylation is 1. The normalized spacial score (nSPS) is 17.8. The highest BCUT2D eigenvalue weighted by molar-refractivity contribution is 7.89. The first kappa shape index (κ1) is 21.5. The summed E-state index contributed by atoms with van der Waals surface area (Å²) < 4.78 is 42.1. The van der Waals surface area contributed by atoms with E-state index in [4.69, 9.17) is 0 Å². The van der Waals surface area contributed by atoms with Crippen LogP contribution in [-0.4, -0.2) is 31.2 Å². The minimum atomic E-state index is -4.01. The van der Waals surface area contributed by atoms with E-state index in [-0.39, 0.29) is 11.6 Å². The third-order valence-electron chi connectivity index (χ3n) is 5.44. The van der Waals surface area contributed by atoms with E-state index >= 15 is 0 Å². The first-order valence-electron chi connectivity index (χ1n) is 10.1. The van der Waals surface area contributed by atoms with Crippen LogP contribution in [0, 0.1) is 5.82 Å². The summed E-state index contributed by atoms with van der Waals surface area (Å²) in [5.41, 5.74) is 1.85. The Bertz CT molecular complexity index is 974. The fourth-order valence-corrected chi connectivity index (χ4v) is 5.55. The fourth-order valence-electron chi connectivity index (χ4n) is 3.69. The second kappa shape index (κ2) is 9.05. The number of carbonyl (C=O) groups is 1. The smallest absolute Gasteiger partial charge is 0.255 e. The molecule has 1 saturated heterocycles. The van der Waals surface area contributed by atoms with Crippen LogP contribution in [0.5, 0.6) is 0 Å². The summed E-state index contributed by atoms with van der Waals surface area (Å²) >= 11 is 0. The first-order chi connectivity index (χ1) is 13.9. The molecule has 2 aromatic carbocycles. The standard InChI is InChI=1S/C22H27FN2O3S/c1-3-16-8-11-18(12-9-16)24-22(26)17-10-13-20(23)21(15-17)29(27,28)25-14-6-5-7-19(25)4-2/h8-13,15,19H,3-7,14H2,1-2H3,(H,24,26). The highest BCUT2D eigenvalue weighted by Crippen LogP contribution is 2.29. The Kier molecular flexibility index (Phi) is 6.70. The predicted molar refractivity (Wildman–Crippen MR) is 112 cm³/mol. The second-order valence-corrected chi connectivity index (χ2v) is 9.18. The van der Waals surface area contributed by atoms with Gasteiger partial charge in [-0.25, -0.2) is 12.8 Å². The molecule has 3 rings (SSSR count). The third-order valence-corrected chi connectivity index (χ3v) is 7.41. The number of nitrogens with zero attached hydrogens (tertiary/aromatic N) is 1. The maximum atomic E-state index is 14.5. The molecule has 0 aromatic heterocycles. The summed E-state index contributed by atoms with van der Waals surface area (Å²) in [5.74, 6) is -1.31. The van der Waals surface area contributed by atoms with Gasteiger partial charge in [0.2, 0.25) is 10.0 Å². The summed E-state index contributed by atoms with van der Waals surface area (Å²) in [4.78, 5) is 12.2. The molecule has 1 fully saturated rings. The van der Waals surface area contributed by atoms with E-state index < -0.39 is 26.6 Å². The summed E-state index contributed by atoms with van der Waals surface area (Å²) in [6, 6.07) is 10.8. The average molecular weight is 419 g/mol. The molecule has 1 atom stereocenters. The number of carbonyl (C=O) groups excluding carboxylic acids is 1. The highest BCUT2D eigenvalue weighted by Gasteiger charge is 2.34. The van der Waals surface area contributed by atoms with E-state index in [0.29, 0.717) is 18.7 Å². The Morgan fingerprint density at radius 1 is 1.14 bits per heavy atom. The molecule has 29 heavy (non-hydrogen) atoms. The Labute approximate surface area is 172 Å². The van der Waals surface area contributed by atoms with Crippen molar-refractivity contribution in [3.8, 4) is 0 Å². The van der Waals surface area contributed by atoms with Crippen LogP contribution in [0.15, 0.2) is 47.4 Å². The lowest BCUT2D eigenvalue weighted by Gasteiger charge is -2.34. The minimum absolute atomic E-state index is 0.106. The van der Waals surface area contributed by atoms with E-state index in [1.54, 1.807) is 12.1 Å². The second-order valence-electron chi connectivity index (χ2n) is 7.32. The third kappa shape index (κ3) is 4.67. The van der Waals surface area contributed by atoms with Gasteiger partial charge in [-0.3, -0.25) is 4.79 Å². The van der Waals surface area contributed by atoms with Crippen LogP contribution in [-0.2, 0) is 16.4 Å². The summed E-state index contributed by atoms with van der Waals surface area (Å²) in [5, 5.41) is 2.74. The number of anilines is 1. The number of benzene rings is 2. The Morgan fingerprint density at radius 3 is 2.52 bits per heavy atom. The molecule has 0 spiro atoms. The zero-order valence-electron chi connectivity index (χ0n) is 16.8. The van der Waals surface area contributed by atoms with Crippen molar-refractivity contribution in [3.05, 3.63) is 59.4 Å². The summed E-state index contributed by atoms with van der Waals surface area (Å²) in [6.07, 6.45) is 4.06. The van der Waals surface area contributed by atoms with E-state index in [1.807, 2.05) is 26.0 Å². The monoisotopic (exact) mass is 418 g/mol. The van der Waals surface area contributed by atoms with Crippen molar-refractivity contribution in [1.29, 1.82) is 0 Å². The van der Waals surface area contributed by atoms with Gasteiger partial charge in [0.05, 0.1) is 0 Å². The van der Waals surface area contributed by atoms with Gasteiger partial charge < -0.3 is 5.32 Å². The van der Waals surface area contributed by atoms with Crippen LogP contribution in [0.1, 0.15) is 55.5 Å². The zero-order chi connectivity index (χ0) is 21.0. The Morgan fingerprint density at radius 2 is 1.86 bits per heavy atom. The maximum absolute atomic E-state index is 14.5. The van der Waals surface area contributed by atoms with Gasteiger partial charge in [0.1, 0.15) is 10.7 Å². The van der Waals surface area contributed by atoms with Gasteiger partial charge in [-0.05, 0) is 61.6 Å². The van der Waals surface area contributed by atoms with E-state index in [1.165, 1.54) is 10.4 Å². The van der Waals surface area contributed by atoms with Gasteiger partial charge in [0, 0.05) is 23.8 Å². The Balaban J connectivity index is 1.87. The van der Waals surface area contributed by atoms with Crippen LogP contribution in [0.4, 0.5) is 10.1 Å². The molecule has 1 amide bonds. The highest BCUT2D eigenvalue weighted by atomic mass is 32.2. The average Bonchev–Trinajstić information content (AvgIpc) is 2.74. The number of piperidine rings is 1. The SMILES string of the molecule is CCc1ccc(NC(=O)c2ccc(F)c(S(=O)(=O)N3CCCCC3CC)c2)cc1. The zero-order valence-corrected chi connectivity index (χ0v) is 17.6.